The zero-order valence-electron chi connectivity index (χ0n) is 15.3. The third-order valence-corrected chi connectivity index (χ3v) is 4.29. The summed E-state index contributed by atoms with van der Waals surface area (Å²) in [6, 6.07) is 21.1. The van der Waals surface area contributed by atoms with E-state index in [1.807, 2.05) is 31.2 Å². The van der Waals surface area contributed by atoms with Gasteiger partial charge in [-0.05, 0) is 67.1 Å². The van der Waals surface area contributed by atoms with Crippen LogP contribution in [-0.2, 0) is 0 Å². The van der Waals surface area contributed by atoms with Gasteiger partial charge in [-0.1, -0.05) is 47.5 Å². The second-order valence-electron chi connectivity index (χ2n) is 6.27. The van der Waals surface area contributed by atoms with E-state index in [-0.39, 0.29) is 11.8 Å². The normalized spacial score (nSPS) is 10.6. The van der Waals surface area contributed by atoms with Crippen LogP contribution in [0.4, 0.5) is 16.2 Å². The molecule has 3 aromatic rings. The van der Waals surface area contributed by atoms with Gasteiger partial charge in [-0.15, -0.1) is 0 Å². The summed E-state index contributed by atoms with van der Waals surface area (Å²) in [7, 11) is 0. The Morgan fingerprint density at radius 3 is 1.89 bits per heavy atom. The molecule has 2 N–H and O–H groups in total. The van der Waals surface area contributed by atoms with Gasteiger partial charge in [-0.25, -0.2) is 4.79 Å². The molecule has 0 aliphatic carbocycles. The first-order chi connectivity index (χ1) is 13.5. The van der Waals surface area contributed by atoms with Crippen LogP contribution < -0.4 is 10.6 Å². The number of carbonyl (C=O) groups excluding carboxylic acids is 2. The highest BCUT2D eigenvalue weighted by atomic mass is 35.5. The number of hydrogen-bond donors (Lipinski definition) is 2. The molecule has 0 aliphatic heterocycles. The van der Waals surface area contributed by atoms with Gasteiger partial charge in [0.25, 0.3) is 0 Å². The van der Waals surface area contributed by atoms with Crippen LogP contribution in [0, 0.1) is 6.92 Å². The van der Waals surface area contributed by atoms with Crippen molar-refractivity contribution in [3.05, 3.63) is 101 Å². The summed E-state index contributed by atoms with van der Waals surface area (Å²) in [5, 5.41) is 6.03. The Kier molecular flexibility index (Phi) is 6.25. The van der Waals surface area contributed by atoms with Crippen LogP contribution in [-0.4, -0.2) is 11.8 Å². The predicted octanol–water partition coefficient (Wildman–Crippen LogP) is 6.19. The minimum Gasteiger partial charge on any atom is -0.308 e. The molecule has 5 heteroatoms. The molecule has 0 bridgehead atoms. The number of urea groups is 1. The summed E-state index contributed by atoms with van der Waals surface area (Å²) in [6.45, 7) is 2.02. The van der Waals surface area contributed by atoms with Crippen LogP contribution in [0.3, 0.4) is 0 Å². The first kappa shape index (κ1) is 19.4. The molecular weight excluding hydrogens is 372 g/mol. The number of carbonyl (C=O) groups is 2. The summed E-state index contributed by atoms with van der Waals surface area (Å²) in [5.41, 5.74) is 3.91. The SMILES string of the molecule is Cc1ccc(/C=C/C(=O)c2ccc(NC(=O)Nc3ccc(Cl)cc3)cc2)cc1. The lowest BCUT2D eigenvalue weighted by Crippen LogP contribution is -2.19. The van der Waals surface area contributed by atoms with Gasteiger partial charge in [-0.2, -0.15) is 0 Å². The zero-order chi connectivity index (χ0) is 19.9. The predicted molar refractivity (Wildman–Crippen MR) is 115 cm³/mol. The lowest BCUT2D eigenvalue weighted by atomic mass is 10.1. The molecule has 0 heterocycles. The third kappa shape index (κ3) is 5.56. The fourth-order valence-electron chi connectivity index (χ4n) is 2.49. The van der Waals surface area contributed by atoms with E-state index in [0.717, 1.165) is 5.56 Å². The Hall–Kier alpha value is -3.37. The number of nitrogens with one attached hydrogen (secondary N) is 2. The van der Waals surface area contributed by atoms with E-state index in [1.165, 1.54) is 5.56 Å². The maximum Gasteiger partial charge on any atom is 0.323 e. The Morgan fingerprint density at radius 1 is 0.786 bits per heavy atom. The number of benzene rings is 3. The van der Waals surface area contributed by atoms with Gasteiger partial charge >= 0.3 is 6.03 Å². The Balaban J connectivity index is 1.57. The quantitative estimate of drug-likeness (QED) is 0.403. The Bertz CT molecular complexity index is 992. The minimum absolute atomic E-state index is 0.0993. The second kappa shape index (κ2) is 9.02. The molecule has 0 unspecified atom stereocenters. The van der Waals surface area contributed by atoms with E-state index >= 15 is 0 Å². The molecule has 0 aliphatic rings. The van der Waals surface area contributed by atoms with Crippen LogP contribution in [0.15, 0.2) is 78.9 Å². The van der Waals surface area contributed by atoms with E-state index in [0.29, 0.717) is 22.0 Å². The van der Waals surface area contributed by atoms with Gasteiger partial charge in [0.15, 0.2) is 5.78 Å². The number of amides is 2. The lowest BCUT2D eigenvalue weighted by molar-refractivity contribution is 0.104. The first-order valence-corrected chi connectivity index (χ1v) is 9.10. The van der Waals surface area contributed by atoms with E-state index in [9.17, 15) is 9.59 Å². The van der Waals surface area contributed by atoms with Crippen molar-refractivity contribution in [2.75, 3.05) is 10.6 Å². The molecule has 28 heavy (non-hydrogen) atoms. The van der Waals surface area contributed by atoms with Crippen LogP contribution in [0.25, 0.3) is 6.08 Å². The highest BCUT2D eigenvalue weighted by molar-refractivity contribution is 6.30. The van der Waals surface area contributed by atoms with Gasteiger partial charge in [-0.3, -0.25) is 4.79 Å². The topological polar surface area (TPSA) is 58.2 Å². The number of ketones is 1. The highest BCUT2D eigenvalue weighted by Crippen LogP contribution is 2.15. The summed E-state index contributed by atoms with van der Waals surface area (Å²) < 4.78 is 0. The molecule has 3 aromatic carbocycles. The van der Waals surface area contributed by atoms with Gasteiger partial charge in [0.1, 0.15) is 0 Å². The summed E-state index contributed by atoms with van der Waals surface area (Å²) in [4.78, 5) is 24.3. The molecule has 0 saturated heterocycles. The number of halogens is 1. The largest absolute Gasteiger partial charge is 0.323 e. The van der Waals surface area contributed by atoms with Crippen molar-refractivity contribution in [1.82, 2.24) is 0 Å². The van der Waals surface area contributed by atoms with Crippen molar-refractivity contribution in [1.29, 1.82) is 0 Å². The van der Waals surface area contributed by atoms with Crippen molar-refractivity contribution in [3.63, 3.8) is 0 Å². The number of hydrogen-bond acceptors (Lipinski definition) is 2. The maximum atomic E-state index is 12.3. The van der Waals surface area contributed by atoms with Gasteiger partial charge < -0.3 is 10.6 Å². The van der Waals surface area contributed by atoms with Crippen LogP contribution in [0.5, 0.6) is 0 Å². The number of rotatable bonds is 5. The fourth-order valence-corrected chi connectivity index (χ4v) is 2.62. The lowest BCUT2D eigenvalue weighted by Gasteiger charge is -2.08. The molecule has 140 valence electrons. The number of aryl methyl sites for hydroxylation is 1. The van der Waals surface area contributed by atoms with Gasteiger partial charge in [0, 0.05) is 22.0 Å². The molecule has 0 aromatic heterocycles. The smallest absolute Gasteiger partial charge is 0.308 e. The van der Waals surface area contributed by atoms with Crippen LogP contribution >= 0.6 is 11.6 Å². The molecule has 0 spiro atoms. The average molecular weight is 391 g/mol. The first-order valence-electron chi connectivity index (χ1n) is 8.72. The summed E-state index contributed by atoms with van der Waals surface area (Å²) in [5.74, 6) is -0.0993. The van der Waals surface area contributed by atoms with Crippen molar-refractivity contribution < 1.29 is 9.59 Å². The zero-order valence-corrected chi connectivity index (χ0v) is 16.0. The molecule has 2 amide bonds. The number of allylic oxidation sites excluding steroid dienone is 1. The highest BCUT2D eigenvalue weighted by Gasteiger charge is 2.05. The summed E-state index contributed by atoms with van der Waals surface area (Å²) in [6.07, 6.45) is 3.33. The molecule has 0 radical (unpaired) electrons. The van der Waals surface area contributed by atoms with Crippen molar-refractivity contribution in [2.24, 2.45) is 0 Å². The fraction of sp³-hybridized carbons (Fsp3) is 0.0435. The van der Waals surface area contributed by atoms with Gasteiger partial charge in [0.2, 0.25) is 0 Å². The van der Waals surface area contributed by atoms with Crippen molar-refractivity contribution in [2.45, 2.75) is 6.92 Å². The van der Waals surface area contributed by atoms with Crippen LogP contribution in [0.2, 0.25) is 5.02 Å². The molecule has 0 saturated carbocycles. The molecule has 0 fully saturated rings. The Morgan fingerprint density at radius 2 is 1.32 bits per heavy atom. The third-order valence-electron chi connectivity index (χ3n) is 4.03. The molecule has 0 atom stereocenters. The monoisotopic (exact) mass is 390 g/mol. The molecular formula is C23H19ClN2O2. The summed E-state index contributed by atoms with van der Waals surface area (Å²) >= 11 is 5.82. The van der Waals surface area contributed by atoms with Crippen molar-refractivity contribution >= 4 is 40.9 Å². The van der Waals surface area contributed by atoms with E-state index in [2.05, 4.69) is 10.6 Å². The van der Waals surface area contributed by atoms with E-state index in [4.69, 9.17) is 11.6 Å². The minimum atomic E-state index is -0.374. The van der Waals surface area contributed by atoms with E-state index in [1.54, 1.807) is 60.7 Å². The van der Waals surface area contributed by atoms with Crippen molar-refractivity contribution in [3.8, 4) is 0 Å². The maximum absolute atomic E-state index is 12.3. The standard InChI is InChI=1S/C23H19ClN2O2/c1-16-2-4-17(5-3-16)6-15-22(27)18-7-11-20(12-8-18)25-23(28)26-21-13-9-19(24)10-14-21/h2-15H,1H3,(H2,25,26,28)/b15-6+. The van der Waals surface area contributed by atoms with Crippen LogP contribution in [0.1, 0.15) is 21.5 Å². The average Bonchev–Trinajstić information content (AvgIpc) is 2.69. The molecule has 3 rings (SSSR count). The molecule has 4 nitrogen and oxygen atoms in total. The van der Waals surface area contributed by atoms with Gasteiger partial charge in [0.05, 0.1) is 0 Å². The second-order valence-corrected chi connectivity index (χ2v) is 6.71. The Labute approximate surface area is 168 Å². The van der Waals surface area contributed by atoms with E-state index < -0.39 is 0 Å². The number of anilines is 2.